The quantitative estimate of drug-likeness (QED) is 0.411. The molecule has 1 aliphatic heterocycles. The number of nitrogens with one attached hydrogen (secondary N) is 1. The number of phenolic OH excluding ortho intramolecular Hbond substituents is 1. The van der Waals surface area contributed by atoms with Crippen LogP contribution in [0.5, 0.6) is 5.75 Å². The van der Waals surface area contributed by atoms with Gasteiger partial charge >= 0.3 is 0 Å². The Balaban J connectivity index is 1.61. The van der Waals surface area contributed by atoms with Crippen LogP contribution >= 0.6 is 0 Å². The molecule has 0 aromatic heterocycles. The van der Waals surface area contributed by atoms with E-state index in [0.29, 0.717) is 24.4 Å². The number of carbonyl (C=O) groups excluding carboxylic acids is 1. The van der Waals surface area contributed by atoms with E-state index in [4.69, 9.17) is 5.73 Å². The molecule has 6 heteroatoms. The molecule has 2 aromatic carbocycles. The highest BCUT2D eigenvalue weighted by molar-refractivity contribution is 5.81. The van der Waals surface area contributed by atoms with Crippen molar-refractivity contribution < 1.29 is 9.90 Å². The molecule has 35 heavy (non-hydrogen) atoms. The van der Waals surface area contributed by atoms with Crippen molar-refractivity contribution >= 4 is 17.3 Å². The van der Waals surface area contributed by atoms with Gasteiger partial charge in [0.25, 0.3) is 0 Å². The molecule has 1 saturated heterocycles. The van der Waals surface area contributed by atoms with Gasteiger partial charge in [-0.05, 0) is 79.5 Å². The Hall–Kier alpha value is -2.73. The summed E-state index contributed by atoms with van der Waals surface area (Å²) in [5, 5.41) is 12.9. The number of rotatable bonds is 11. The number of aromatic hydroxyl groups is 1. The van der Waals surface area contributed by atoms with Gasteiger partial charge in [0.15, 0.2) is 0 Å². The maximum Gasteiger partial charge on any atom is 0.239 e. The van der Waals surface area contributed by atoms with Crippen LogP contribution in [0.15, 0.2) is 48.5 Å². The molecular weight excluding hydrogens is 436 g/mol. The zero-order chi connectivity index (χ0) is 25.4. The lowest BCUT2D eigenvalue weighted by molar-refractivity contribution is -0.134. The van der Waals surface area contributed by atoms with Gasteiger partial charge in [0, 0.05) is 43.6 Å². The first-order chi connectivity index (χ1) is 16.7. The maximum absolute atomic E-state index is 12.8. The number of nitrogens with zero attached hydrogens (tertiary/aromatic N) is 2. The molecule has 1 fully saturated rings. The van der Waals surface area contributed by atoms with E-state index in [-0.39, 0.29) is 17.7 Å². The van der Waals surface area contributed by atoms with E-state index in [1.807, 2.05) is 17.0 Å². The van der Waals surface area contributed by atoms with Gasteiger partial charge in [-0.1, -0.05) is 39.8 Å². The molecule has 1 atom stereocenters. The minimum Gasteiger partial charge on any atom is -0.508 e. The molecule has 0 bridgehead atoms. The number of phenols is 1. The lowest BCUT2D eigenvalue weighted by atomic mass is 9.98. The number of hydrogen-bond donors (Lipinski definition) is 3. The van der Waals surface area contributed by atoms with Crippen LogP contribution in [0.3, 0.4) is 0 Å². The highest BCUT2D eigenvalue weighted by Crippen LogP contribution is 2.27. The highest BCUT2D eigenvalue weighted by atomic mass is 16.3. The number of likely N-dealkylation sites (tertiary alicyclic amines) is 1. The zero-order valence-electron chi connectivity index (χ0n) is 21.9. The third-order valence-corrected chi connectivity index (χ3v) is 6.84. The second kappa shape index (κ2) is 12.8. The Morgan fingerprint density at radius 1 is 1.03 bits per heavy atom. The van der Waals surface area contributed by atoms with Gasteiger partial charge in [-0.2, -0.15) is 0 Å². The number of anilines is 2. The molecular formula is C29H44N4O2. The third kappa shape index (κ3) is 8.17. The predicted molar refractivity (Wildman–Crippen MR) is 146 cm³/mol. The smallest absolute Gasteiger partial charge is 0.239 e. The zero-order valence-corrected chi connectivity index (χ0v) is 21.9. The first kappa shape index (κ1) is 26.9. The Bertz CT molecular complexity index is 903. The van der Waals surface area contributed by atoms with E-state index >= 15 is 0 Å². The molecule has 0 spiro atoms. The second-order valence-corrected chi connectivity index (χ2v) is 10.7. The first-order valence-corrected chi connectivity index (χ1v) is 13.2. The summed E-state index contributed by atoms with van der Waals surface area (Å²) in [5.74, 6) is 1.46. The van der Waals surface area contributed by atoms with Crippen LogP contribution < -0.4 is 16.0 Å². The SMILES string of the molecule is CC(C)CCN(c1ccc(NCc2ccc(O)cc2)cc1)C1CCN(C(=O)C(N)CC(C)C)CC1. The normalized spacial score (nSPS) is 15.5. The van der Waals surface area contributed by atoms with E-state index < -0.39 is 0 Å². The van der Waals surface area contributed by atoms with Crippen molar-refractivity contribution in [3.05, 3.63) is 54.1 Å². The average Bonchev–Trinajstić information content (AvgIpc) is 2.84. The fourth-order valence-electron chi connectivity index (χ4n) is 4.75. The Morgan fingerprint density at radius 2 is 1.66 bits per heavy atom. The van der Waals surface area contributed by atoms with Gasteiger partial charge in [0.1, 0.15) is 5.75 Å². The van der Waals surface area contributed by atoms with Crippen molar-refractivity contribution in [2.24, 2.45) is 17.6 Å². The molecule has 1 amide bonds. The van der Waals surface area contributed by atoms with E-state index in [0.717, 1.165) is 56.6 Å². The topological polar surface area (TPSA) is 81.8 Å². The summed E-state index contributed by atoms with van der Waals surface area (Å²) in [4.78, 5) is 17.3. The fourth-order valence-corrected chi connectivity index (χ4v) is 4.75. The van der Waals surface area contributed by atoms with Crippen molar-refractivity contribution in [2.45, 2.75) is 72.0 Å². The van der Waals surface area contributed by atoms with Gasteiger partial charge in [-0.3, -0.25) is 4.79 Å². The molecule has 0 aliphatic carbocycles. The van der Waals surface area contributed by atoms with Crippen LogP contribution in [-0.2, 0) is 11.3 Å². The number of carbonyl (C=O) groups is 1. The fraction of sp³-hybridized carbons (Fsp3) is 0.552. The lowest BCUT2D eigenvalue weighted by Gasteiger charge is -2.41. The van der Waals surface area contributed by atoms with E-state index in [1.54, 1.807) is 12.1 Å². The van der Waals surface area contributed by atoms with Gasteiger partial charge in [-0.15, -0.1) is 0 Å². The van der Waals surface area contributed by atoms with Gasteiger partial charge in [0.05, 0.1) is 6.04 Å². The van der Waals surface area contributed by atoms with E-state index in [9.17, 15) is 9.90 Å². The van der Waals surface area contributed by atoms with Gasteiger partial charge in [0.2, 0.25) is 5.91 Å². The van der Waals surface area contributed by atoms with Crippen molar-refractivity contribution in [3.8, 4) is 5.75 Å². The molecule has 6 nitrogen and oxygen atoms in total. The standard InChI is InChI=1S/C29H44N4O2/c1-21(2)13-18-33(26-14-16-32(17-15-26)29(35)28(30)19-22(3)4)25-9-7-24(8-10-25)31-20-23-5-11-27(34)12-6-23/h5-12,21-22,26,28,31,34H,13-20,30H2,1-4H3. The second-order valence-electron chi connectivity index (χ2n) is 10.7. The summed E-state index contributed by atoms with van der Waals surface area (Å²) in [7, 11) is 0. The number of amides is 1. The number of hydrogen-bond acceptors (Lipinski definition) is 5. The van der Waals surface area contributed by atoms with Crippen LogP contribution in [0.4, 0.5) is 11.4 Å². The molecule has 3 rings (SSSR count). The molecule has 4 N–H and O–H groups in total. The lowest BCUT2D eigenvalue weighted by Crippen LogP contribution is -2.51. The summed E-state index contributed by atoms with van der Waals surface area (Å²) >= 11 is 0. The Kier molecular flexibility index (Phi) is 9.84. The van der Waals surface area contributed by atoms with E-state index in [1.165, 1.54) is 5.69 Å². The van der Waals surface area contributed by atoms with Crippen LogP contribution in [0, 0.1) is 11.8 Å². The summed E-state index contributed by atoms with van der Waals surface area (Å²) in [6.07, 6.45) is 3.82. The molecule has 1 unspecified atom stereocenters. The van der Waals surface area contributed by atoms with Crippen LogP contribution in [0.2, 0.25) is 0 Å². The minimum absolute atomic E-state index is 0.106. The van der Waals surface area contributed by atoms with Crippen LogP contribution in [0.1, 0.15) is 58.9 Å². The summed E-state index contributed by atoms with van der Waals surface area (Å²) in [5.41, 5.74) is 9.62. The minimum atomic E-state index is -0.384. The van der Waals surface area contributed by atoms with Crippen molar-refractivity contribution in [2.75, 3.05) is 29.9 Å². The van der Waals surface area contributed by atoms with Crippen LogP contribution in [0.25, 0.3) is 0 Å². The van der Waals surface area contributed by atoms with Crippen molar-refractivity contribution in [1.29, 1.82) is 0 Å². The Morgan fingerprint density at radius 3 is 2.23 bits per heavy atom. The number of benzene rings is 2. The largest absolute Gasteiger partial charge is 0.508 e. The molecule has 1 aliphatic rings. The summed E-state index contributed by atoms with van der Waals surface area (Å²) < 4.78 is 0. The molecule has 2 aromatic rings. The van der Waals surface area contributed by atoms with Gasteiger partial charge in [-0.25, -0.2) is 0 Å². The van der Waals surface area contributed by atoms with Gasteiger partial charge < -0.3 is 26.0 Å². The highest BCUT2D eigenvalue weighted by Gasteiger charge is 2.29. The average molecular weight is 481 g/mol. The summed E-state index contributed by atoms with van der Waals surface area (Å²) in [6, 6.07) is 16.0. The predicted octanol–water partition coefficient (Wildman–Crippen LogP) is 5.22. The molecule has 0 radical (unpaired) electrons. The van der Waals surface area contributed by atoms with Crippen LogP contribution in [-0.4, -0.2) is 47.6 Å². The molecule has 192 valence electrons. The number of piperidine rings is 1. The maximum atomic E-state index is 12.8. The van der Waals surface area contributed by atoms with E-state index in [2.05, 4.69) is 62.2 Å². The molecule has 0 saturated carbocycles. The summed E-state index contributed by atoms with van der Waals surface area (Å²) in [6.45, 7) is 12.0. The first-order valence-electron chi connectivity index (χ1n) is 13.2. The molecule has 1 heterocycles. The van der Waals surface area contributed by atoms with Crippen molar-refractivity contribution in [3.63, 3.8) is 0 Å². The Labute approximate surface area is 211 Å². The monoisotopic (exact) mass is 480 g/mol. The third-order valence-electron chi connectivity index (χ3n) is 6.84. The van der Waals surface area contributed by atoms with Crippen molar-refractivity contribution in [1.82, 2.24) is 4.90 Å². The number of nitrogens with two attached hydrogens (primary N) is 1.